The van der Waals surface area contributed by atoms with Crippen LogP contribution in [-0.4, -0.2) is 139 Å². The molecule has 7 fully saturated rings. The van der Waals surface area contributed by atoms with Crippen molar-refractivity contribution in [1.82, 2.24) is 41.1 Å². The summed E-state index contributed by atoms with van der Waals surface area (Å²) in [5.74, 6) is -0.392. The largest absolute Gasteiger partial charge is 0.350 e. The summed E-state index contributed by atoms with van der Waals surface area (Å²) < 4.78 is 30.9. The van der Waals surface area contributed by atoms with Crippen molar-refractivity contribution in [2.45, 2.75) is 106 Å². The predicted octanol–water partition coefficient (Wildman–Crippen LogP) is -0.263. The normalized spacial score (nSPS) is 41.0. The van der Waals surface area contributed by atoms with Crippen LogP contribution in [0.1, 0.15) is 57.8 Å². The Labute approximate surface area is 260 Å². The van der Waals surface area contributed by atoms with Crippen LogP contribution in [0.4, 0.5) is 8.78 Å². The summed E-state index contributed by atoms with van der Waals surface area (Å²) in [6, 6.07) is -1.21. The molecule has 0 aromatic heterocycles. The Morgan fingerprint density at radius 2 is 1.64 bits per heavy atom. The summed E-state index contributed by atoms with van der Waals surface area (Å²) in [6.07, 6.45) is 5.90. The molecule has 1 spiro atoms. The van der Waals surface area contributed by atoms with Gasteiger partial charge in [0.05, 0.1) is 36.4 Å². The van der Waals surface area contributed by atoms with Crippen molar-refractivity contribution in [3.05, 3.63) is 0 Å². The summed E-state index contributed by atoms with van der Waals surface area (Å²) in [7, 11) is 2.17. The molecular weight excluding hydrogens is 568 g/mol. The maximum Gasteiger partial charge on any atom is 0.229 e. The van der Waals surface area contributed by atoms with Gasteiger partial charge < -0.3 is 21.3 Å². The van der Waals surface area contributed by atoms with E-state index >= 15 is 8.78 Å². The highest BCUT2D eigenvalue weighted by atomic mass is 19.1. The minimum atomic E-state index is -1.14. The van der Waals surface area contributed by atoms with E-state index in [-0.39, 0.29) is 48.3 Å². The monoisotopic (exact) mass is 621 g/mol. The Morgan fingerprint density at radius 1 is 0.909 bits per heavy atom. The molecule has 44 heavy (non-hydrogen) atoms. The molecule has 2 saturated carbocycles. The van der Waals surface area contributed by atoms with E-state index in [1.165, 1.54) is 19.3 Å². The minimum absolute atomic E-state index is 0.0272. The van der Waals surface area contributed by atoms with Crippen molar-refractivity contribution in [1.29, 1.82) is 0 Å². The van der Waals surface area contributed by atoms with E-state index in [4.69, 9.17) is 5.73 Å². The van der Waals surface area contributed by atoms with Crippen molar-refractivity contribution in [2.75, 3.05) is 59.4 Å². The van der Waals surface area contributed by atoms with Gasteiger partial charge in [0.2, 0.25) is 11.8 Å². The Kier molecular flexibility index (Phi) is 8.92. The number of fused-ring (bicyclic) bond motifs is 1. The van der Waals surface area contributed by atoms with Gasteiger partial charge in [0.15, 0.2) is 0 Å². The number of carbonyl (C=O) groups excluding carboxylic acids is 2. The van der Waals surface area contributed by atoms with Gasteiger partial charge in [0.1, 0.15) is 12.3 Å². The number of piperidine rings is 2. The molecule has 0 radical (unpaired) electrons. The van der Waals surface area contributed by atoms with E-state index in [0.29, 0.717) is 32.5 Å². The molecular formula is C31H53F2N9O2. The van der Waals surface area contributed by atoms with Gasteiger partial charge in [-0.2, -0.15) is 0 Å². The van der Waals surface area contributed by atoms with Gasteiger partial charge in [0.25, 0.3) is 0 Å². The maximum absolute atomic E-state index is 15.6. The van der Waals surface area contributed by atoms with Crippen molar-refractivity contribution in [2.24, 2.45) is 23.5 Å². The summed E-state index contributed by atoms with van der Waals surface area (Å²) in [6.45, 7) is 4.71. The SMILES string of the molecule is CN1CCN(C(=O)C2CCN(C3C(F)CNCC3NC(=O)C3C(N)NN4C3NCC(F)C4C3CCCCC3)CC2)CC12CC2. The van der Waals surface area contributed by atoms with E-state index in [2.05, 4.69) is 43.1 Å². The van der Waals surface area contributed by atoms with Gasteiger partial charge >= 0.3 is 0 Å². The Hall–Kier alpha value is -1.48. The maximum atomic E-state index is 15.6. The van der Waals surface area contributed by atoms with Crippen LogP contribution in [0.2, 0.25) is 0 Å². The number of hydrogen-bond donors (Lipinski definition) is 5. The van der Waals surface area contributed by atoms with Crippen LogP contribution in [0.3, 0.4) is 0 Å². The van der Waals surface area contributed by atoms with Crippen LogP contribution in [-0.2, 0) is 9.59 Å². The number of nitrogens with one attached hydrogen (secondary N) is 4. The molecule has 7 aliphatic rings. The zero-order valence-corrected chi connectivity index (χ0v) is 26.2. The first-order valence-electron chi connectivity index (χ1n) is 17.3. The fourth-order valence-corrected chi connectivity index (χ4v) is 9.44. The number of halogens is 2. The molecule has 6 N–H and O–H groups in total. The number of likely N-dealkylation sites (tertiary alicyclic amines) is 1. The number of carbonyl (C=O) groups is 2. The van der Waals surface area contributed by atoms with Crippen LogP contribution < -0.4 is 27.1 Å². The molecule has 2 amide bonds. The number of nitrogens with two attached hydrogens (primary N) is 1. The highest BCUT2D eigenvalue weighted by Crippen LogP contribution is 2.44. The van der Waals surface area contributed by atoms with Crippen LogP contribution in [0.5, 0.6) is 0 Å². The quantitative estimate of drug-likeness (QED) is 0.283. The van der Waals surface area contributed by atoms with E-state index in [1.807, 2.05) is 5.01 Å². The summed E-state index contributed by atoms with van der Waals surface area (Å²) >= 11 is 0. The average Bonchev–Trinajstić information content (AvgIpc) is 3.72. The van der Waals surface area contributed by atoms with Crippen molar-refractivity contribution < 1.29 is 18.4 Å². The van der Waals surface area contributed by atoms with Gasteiger partial charge in [0, 0.05) is 50.7 Å². The number of piperazine rings is 1. The summed E-state index contributed by atoms with van der Waals surface area (Å²) in [5, 5.41) is 11.5. The number of likely N-dealkylation sites (N-methyl/N-ethyl adjacent to an activating group) is 1. The number of amides is 2. The molecule has 5 aliphatic heterocycles. The zero-order valence-electron chi connectivity index (χ0n) is 26.2. The number of rotatable bonds is 5. The second kappa shape index (κ2) is 12.6. The average molecular weight is 622 g/mol. The molecule has 5 saturated heterocycles. The Morgan fingerprint density at radius 3 is 2.36 bits per heavy atom. The topological polar surface area (TPSA) is 121 Å². The van der Waals surface area contributed by atoms with Gasteiger partial charge in [-0.05, 0) is 64.6 Å². The fourth-order valence-electron chi connectivity index (χ4n) is 9.44. The molecule has 13 heteroatoms. The van der Waals surface area contributed by atoms with Crippen molar-refractivity contribution in [3.8, 4) is 0 Å². The molecule has 11 nitrogen and oxygen atoms in total. The molecule has 5 heterocycles. The third-order valence-corrected chi connectivity index (χ3v) is 12.2. The first kappa shape index (κ1) is 31.1. The first-order valence-corrected chi connectivity index (χ1v) is 17.3. The number of hydrogen-bond acceptors (Lipinski definition) is 9. The third-order valence-electron chi connectivity index (χ3n) is 12.2. The van der Waals surface area contributed by atoms with Gasteiger partial charge in [-0.3, -0.25) is 24.7 Å². The van der Waals surface area contributed by atoms with Gasteiger partial charge in [-0.25, -0.2) is 19.2 Å². The molecule has 8 unspecified atom stereocenters. The summed E-state index contributed by atoms with van der Waals surface area (Å²) in [4.78, 5) is 34.0. The predicted molar refractivity (Wildman–Crippen MR) is 162 cm³/mol. The van der Waals surface area contributed by atoms with Crippen LogP contribution in [0, 0.1) is 17.8 Å². The minimum Gasteiger partial charge on any atom is -0.350 e. The lowest BCUT2D eigenvalue weighted by molar-refractivity contribution is -0.140. The van der Waals surface area contributed by atoms with Crippen LogP contribution in [0.15, 0.2) is 0 Å². The molecule has 248 valence electrons. The van der Waals surface area contributed by atoms with E-state index in [9.17, 15) is 9.59 Å². The lowest BCUT2D eigenvalue weighted by atomic mass is 9.80. The van der Waals surface area contributed by atoms with Crippen molar-refractivity contribution >= 4 is 11.8 Å². The van der Waals surface area contributed by atoms with Crippen molar-refractivity contribution in [3.63, 3.8) is 0 Å². The number of nitrogens with zero attached hydrogens (tertiary/aromatic N) is 4. The van der Waals surface area contributed by atoms with E-state index < -0.39 is 42.7 Å². The van der Waals surface area contributed by atoms with Gasteiger partial charge in [-0.1, -0.05) is 19.3 Å². The molecule has 0 bridgehead atoms. The molecule has 8 atom stereocenters. The number of alkyl halides is 2. The lowest BCUT2D eigenvalue weighted by Gasteiger charge is -2.47. The molecule has 0 aromatic rings. The standard InChI is InChI=1S/C31H53F2N9O2/c1-39-13-14-41(18-31(39)9-10-31)30(44)20-7-11-40(12-8-20)26-21(32)15-35-17-23(26)37-29(43)24-27(34)38-42-25(19-5-3-2-4-6-19)22(33)16-36-28(24)42/h19-28,35-36,38H,2-18,34H2,1H3,(H,37,43). The van der Waals surface area contributed by atoms with E-state index in [0.717, 1.165) is 45.3 Å². The third kappa shape index (κ3) is 5.79. The zero-order chi connectivity index (χ0) is 30.6. The lowest BCUT2D eigenvalue weighted by Crippen LogP contribution is -2.68. The van der Waals surface area contributed by atoms with Crippen LogP contribution in [0.25, 0.3) is 0 Å². The Bertz CT molecular complexity index is 1050. The van der Waals surface area contributed by atoms with Crippen LogP contribution >= 0.6 is 0 Å². The second-order valence-electron chi connectivity index (χ2n) is 14.8. The fraction of sp³-hybridized carbons (Fsp3) is 0.935. The highest BCUT2D eigenvalue weighted by Gasteiger charge is 2.54. The first-order chi connectivity index (χ1) is 21.3. The molecule has 0 aromatic carbocycles. The number of hydrazine groups is 1. The van der Waals surface area contributed by atoms with E-state index in [1.54, 1.807) is 0 Å². The molecule has 7 rings (SSSR count). The van der Waals surface area contributed by atoms with Gasteiger partial charge in [-0.15, -0.1) is 0 Å². The Balaban J connectivity index is 0.975. The smallest absolute Gasteiger partial charge is 0.229 e. The highest BCUT2D eigenvalue weighted by molar-refractivity contribution is 5.81. The second-order valence-corrected chi connectivity index (χ2v) is 14.8. The molecule has 2 aliphatic carbocycles. The summed E-state index contributed by atoms with van der Waals surface area (Å²) in [5.41, 5.74) is 9.95.